The molecule has 1 aliphatic rings. The number of aromatic nitrogens is 1. The minimum absolute atomic E-state index is 0.0820. The summed E-state index contributed by atoms with van der Waals surface area (Å²) in [5.41, 5.74) is 6.18. The Hall–Kier alpha value is -4.00. The number of para-hydroxylation sites is 1. The number of allylic oxidation sites excluding steroid dienone is 1. The lowest BCUT2D eigenvalue weighted by Gasteiger charge is -2.18. The first-order chi connectivity index (χ1) is 16.7. The highest BCUT2D eigenvalue weighted by molar-refractivity contribution is 6.08. The number of ether oxygens (including phenoxy) is 1. The SMILES string of the molecule is CNC(=O)NC(=O)COC(=O)c1c2c(nc3ccccc13)C(=Cc1ccc(C(C)(C)C)cc1)CC2. The van der Waals surface area contributed by atoms with E-state index in [2.05, 4.69) is 61.7 Å². The van der Waals surface area contributed by atoms with Gasteiger partial charge >= 0.3 is 12.0 Å². The second kappa shape index (κ2) is 9.70. The van der Waals surface area contributed by atoms with Crippen molar-refractivity contribution in [2.75, 3.05) is 13.7 Å². The van der Waals surface area contributed by atoms with Gasteiger partial charge in [0.25, 0.3) is 5.91 Å². The Morgan fingerprint density at radius 3 is 2.43 bits per heavy atom. The number of carbonyl (C=O) groups excluding carboxylic acids is 3. The Bertz CT molecular complexity index is 1330. The number of urea groups is 1. The van der Waals surface area contributed by atoms with Gasteiger partial charge in [-0.25, -0.2) is 14.6 Å². The summed E-state index contributed by atoms with van der Waals surface area (Å²) < 4.78 is 5.29. The molecule has 7 nitrogen and oxygen atoms in total. The lowest BCUT2D eigenvalue weighted by atomic mass is 9.86. The van der Waals surface area contributed by atoms with Crippen LogP contribution in [0.5, 0.6) is 0 Å². The van der Waals surface area contributed by atoms with Crippen molar-refractivity contribution < 1.29 is 19.1 Å². The third-order valence-corrected chi connectivity index (χ3v) is 6.08. The maximum atomic E-state index is 13.1. The molecule has 0 saturated heterocycles. The molecule has 0 bridgehead atoms. The Morgan fingerprint density at radius 2 is 1.74 bits per heavy atom. The third kappa shape index (κ3) is 5.24. The molecule has 0 saturated carbocycles. The molecule has 0 unspecified atom stereocenters. The average Bonchev–Trinajstić information content (AvgIpc) is 3.22. The van der Waals surface area contributed by atoms with Crippen molar-refractivity contribution >= 4 is 40.5 Å². The van der Waals surface area contributed by atoms with E-state index < -0.39 is 24.5 Å². The van der Waals surface area contributed by atoms with Gasteiger partial charge in [-0.1, -0.05) is 63.2 Å². The Morgan fingerprint density at radius 1 is 1.03 bits per heavy atom. The minimum atomic E-state index is -0.702. The zero-order valence-electron chi connectivity index (χ0n) is 20.4. The van der Waals surface area contributed by atoms with Crippen LogP contribution < -0.4 is 10.6 Å². The number of carbonyl (C=O) groups is 3. The van der Waals surface area contributed by atoms with Gasteiger partial charge in [-0.15, -0.1) is 0 Å². The number of esters is 1. The van der Waals surface area contributed by atoms with Crippen molar-refractivity contribution in [2.45, 2.75) is 39.0 Å². The molecule has 35 heavy (non-hydrogen) atoms. The number of hydrogen-bond acceptors (Lipinski definition) is 5. The fourth-order valence-electron chi connectivity index (χ4n) is 4.22. The summed E-state index contributed by atoms with van der Waals surface area (Å²) in [6, 6.07) is 15.2. The molecule has 0 aliphatic heterocycles. The quantitative estimate of drug-likeness (QED) is 0.541. The van der Waals surface area contributed by atoms with Gasteiger partial charge in [-0.2, -0.15) is 0 Å². The smallest absolute Gasteiger partial charge is 0.339 e. The summed E-state index contributed by atoms with van der Waals surface area (Å²) in [5.74, 6) is -1.31. The Labute approximate surface area is 204 Å². The van der Waals surface area contributed by atoms with E-state index >= 15 is 0 Å². The van der Waals surface area contributed by atoms with E-state index in [0.717, 1.165) is 28.8 Å². The predicted octanol–water partition coefficient (Wildman–Crippen LogP) is 4.63. The number of fused-ring (bicyclic) bond motifs is 2. The number of rotatable bonds is 4. The van der Waals surface area contributed by atoms with Crippen LogP contribution in [0.15, 0.2) is 48.5 Å². The normalized spacial score (nSPS) is 14.0. The highest BCUT2D eigenvalue weighted by Gasteiger charge is 2.28. The summed E-state index contributed by atoms with van der Waals surface area (Å²) >= 11 is 0. The summed E-state index contributed by atoms with van der Waals surface area (Å²) in [7, 11) is 1.39. The van der Waals surface area contributed by atoms with Gasteiger partial charge in [-0.3, -0.25) is 10.1 Å². The molecule has 0 radical (unpaired) electrons. The zero-order chi connectivity index (χ0) is 25.2. The number of nitrogens with one attached hydrogen (secondary N) is 2. The number of benzene rings is 2. The highest BCUT2D eigenvalue weighted by Crippen LogP contribution is 2.38. The van der Waals surface area contributed by atoms with Crippen molar-refractivity contribution in [2.24, 2.45) is 0 Å². The molecule has 7 heteroatoms. The summed E-state index contributed by atoms with van der Waals surface area (Å²) in [6.07, 6.45) is 3.51. The molecule has 1 heterocycles. The minimum Gasteiger partial charge on any atom is -0.452 e. The maximum absolute atomic E-state index is 13.1. The van der Waals surface area contributed by atoms with Crippen LogP contribution in [0.1, 0.15) is 59.9 Å². The van der Waals surface area contributed by atoms with Crippen molar-refractivity contribution in [3.8, 4) is 0 Å². The van der Waals surface area contributed by atoms with Crippen LogP contribution in [0.4, 0.5) is 4.79 Å². The Kier molecular flexibility index (Phi) is 6.69. The monoisotopic (exact) mass is 471 g/mol. The van der Waals surface area contributed by atoms with E-state index in [1.807, 2.05) is 24.3 Å². The molecule has 180 valence electrons. The van der Waals surface area contributed by atoms with Crippen molar-refractivity contribution in [1.29, 1.82) is 0 Å². The van der Waals surface area contributed by atoms with Crippen molar-refractivity contribution in [3.05, 3.63) is 76.5 Å². The molecule has 1 aliphatic carbocycles. The topological polar surface area (TPSA) is 97.4 Å². The van der Waals surface area contributed by atoms with Gasteiger partial charge in [0.15, 0.2) is 6.61 Å². The van der Waals surface area contributed by atoms with E-state index in [-0.39, 0.29) is 5.41 Å². The molecule has 1 aromatic heterocycles. The van der Waals surface area contributed by atoms with E-state index in [1.54, 1.807) is 0 Å². The summed E-state index contributed by atoms with van der Waals surface area (Å²) in [6.45, 7) is 6.00. The maximum Gasteiger partial charge on any atom is 0.339 e. The molecule has 2 N–H and O–H groups in total. The lowest BCUT2D eigenvalue weighted by molar-refractivity contribution is -0.123. The first kappa shape index (κ1) is 24.1. The van der Waals surface area contributed by atoms with Gasteiger partial charge in [0, 0.05) is 12.4 Å². The highest BCUT2D eigenvalue weighted by atomic mass is 16.5. The van der Waals surface area contributed by atoms with E-state index in [1.165, 1.54) is 12.6 Å². The number of nitrogens with zero attached hydrogens (tertiary/aromatic N) is 1. The van der Waals surface area contributed by atoms with Crippen LogP contribution in [0.25, 0.3) is 22.6 Å². The van der Waals surface area contributed by atoms with Gasteiger partial charge in [0.05, 0.1) is 16.8 Å². The molecule has 0 spiro atoms. The first-order valence-corrected chi connectivity index (χ1v) is 11.6. The molecule has 4 rings (SSSR count). The molecule has 0 fully saturated rings. The molecular formula is C28H29N3O4. The van der Waals surface area contributed by atoms with Crippen molar-refractivity contribution in [1.82, 2.24) is 15.6 Å². The average molecular weight is 472 g/mol. The standard InChI is InChI=1S/C28H29N3O4/c1-28(2,3)19-12-9-17(10-13-19)15-18-11-14-21-24(20-7-5-6-8-22(20)30-25(18)21)26(33)35-16-23(32)31-27(34)29-4/h5-10,12-13,15H,11,14,16H2,1-4H3,(H2,29,31,32,34). The summed E-state index contributed by atoms with van der Waals surface area (Å²) in [4.78, 5) is 41.2. The van der Waals surface area contributed by atoms with Crippen molar-refractivity contribution in [3.63, 3.8) is 0 Å². The Balaban J connectivity index is 1.67. The van der Waals surface area contributed by atoms with Crippen LogP contribution in [-0.4, -0.2) is 36.5 Å². The number of amides is 3. The summed E-state index contributed by atoms with van der Waals surface area (Å²) in [5, 5.41) is 5.05. The van der Waals surface area contributed by atoms with Crippen LogP contribution in [-0.2, 0) is 21.4 Å². The second-order valence-corrected chi connectivity index (χ2v) is 9.58. The molecule has 0 atom stereocenters. The van der Waals surface area contributed by atoms with E-state index in [4.69, 9.17) is 9.72 Å². The first-order valence-electron chi connectivity index (χ1n) is 11.6. The molecule has 3 amide bonds. The van der Waals surface area contributed by atoms with Crippen LogP contribution in [0.3, 0.4) is 0 Å². The molecule has 2 aromatic carbocycles. The van der Waals surface area contributed by atoms with Gasteiger partial charge in [0.2, 0.25) is 0 Å². The largest absolute Gasteiger partial charge is 0.452 e. The van der Waals surface area contributed by atoms with E-state index in [9.17, 15) is 14.4 Å². The van der Waals surface area contributed by atoms with Gasteiger partial charge in [0.1, 0.15) is 0 Å². The number of hydrogen-bond donors (Lipinski definition) is 2. The fraction of sp³-hybridized carbons (Fsp3) is 0.286. The van der Waals surface area contributed by atoms with Gasteiger partial charge < -0.3 is 10.1 Å². The number of imide groups is 1. The third-order valence-electron chi connectivity index (χ3n) is 6.08. The number of pyridine rings is 1. The zero-order valence-corrected chi connectivity index (χ0v) is 20.4. The predicted molar refractivity (Wildman–Crippen MR) is 136 cm³/mol. The molecule has 3 aromatic rings. The van der Waals surface area contributed by atoms with Gasteiger partial charge in [-0.05, 0) is 52.7 Å². The van der Waals surface area contributed by atoms with Crippen LogP contribution in [0, 0.1) is 0 Å². The van der Waals surface area contributed by atoms with Crippen LogP contribution in [0.2, 0.25) is 0 Å². The fourth-order valence-corrected chi connectivity index (χ4v) is 4.22. The lowest BCUT2D eigenvalue weighted by Crippen LogP contribution is -2.39. The molecular weight excluding hydrogens is 442 g/mol. The second-order valence-electron chi connectivity index (χ2n) is 9.58. The van der Waals surface area contributed by atoms with Crippen LogP contribution >= 0.6 is 0 Å². The van der Waals surface area contributed by atoms with E-state index in [0.29, 0.717) is 22.9 Å².